The maximum absolute atomic E-state index is 13.0. The van der Waals surface area contributed by atoms with Gasteiger partial charge in [-0.2, -0.15) is 13.2 Å². The number of carbonyl (C=O) groups is 1. The Kier molecular flexibility index (Phi) is 4.27. The Morgan fingerprint density at radius 2 is 1.76 bits per heavy atom. The Hall–Kier alpha value is -1.95. The van der Waals surface area contributed by atoms with Gasteiger partial charge in [0.15, 0.2) is 5.78 Å². The second-order valence-corrected chi connectivity index (χ2v) is 5.49. The fourth-order valence-electron chi connectivity index (χ4n) is 1.75. The number of carbonyl (C=O) groups excluding carboxylic acids is 1. The van der Waals surface area contributed by atoms with Gasteiger partial charge in [0.1, 0.15) is 0 Å². The van der Waals surface area contributed by atoms with Gasteiger partial charge in [-0.25, -0.2) is 0 Å². The maximum Gasteiger partial charge on any atom is 0.417 e. The number of hydrogen-bond acceptors (Lipinski definition) is 3. The van der Waals surface area contributed by atoms with Crippen LogP contribution in [0, 0.1) is 0 Å². The molecule has 0 aliphatic rings. The zero-order valence-corrected chi connectivity index (χ0v) is 11.9. The summed E-state index contributed by atoms with van der Waals surface area (Å²) in [6.45, 7) is 1.39. The highest BCUT2D eigenvalue weighted by atomic mass is 32.2. The zero-order chi connectivity index (χ0) is 15.6. The number of halogens is 3. The van der Waals surface area contributed by atoms with Gasteiger partial charge in [-0.1, -0.05) is 23.9 Å². The van der Waals surface area contributed by atoms with Crippen molar-refractivity contribution in [3.05, 3.63) is 53.6 Å². The molecule has 2 aromatic rings. The third-order valence-corrected chi connectivity index (χ3v) is 3.98. The minimum atomic E-state index is -4.43. The van der Waals surface area contributed by atoms with Gasteiger partial charge in [0, 0.05) is 21.0 Å². The zero-order valence-electron chi connectivity index (χ0n) is 11.1. The fraction of sp³-hybridized carbons (Fsp3) is 0.133. The molecule has 21 heavy (non-hydrogen) atoms. The van der Waals surface area contributed by atoms with Crippen LogP contribution in [0.3, 0.4) is 0 Å². The van der Waals surface area contributed by atoms with Crippen LogP contribution < -0.4 is 5.73 Å². The second-order valence-electron chi connectivity index (χ2n) is 4.40. The summed E-state index contributed by atoms with van der Waals surface area (Å²) in [5.41, 5.74) is 5.81. The van der Waals surface area contributed by atoms with E-state index >= 15 is 0 Å². The number of ketones is 1. The van der Waals surface area contributed by atoms with Crippen LogP contribution in [-0.4, -0.2) is 5.78 Å². The van der Waals surface area contributed by atoms with E-state index in [2.05, 4.69) is 0 Å². The topological polar surface area (TPSA) is 43.1 Å². The lowest BCUT2D eigenvalue weighted by Crippen LogP contribution is -2.06. The number of nitrogens with two attached hydrogens (primary N) is 1. The lowest BCUT2D eigenvalue weighted by Gasteiger charge is -2.13. The largest absolute Gasteiger partial charge is 0.417 e. The fourth-order valence-corrected chi connectivity index (χ4v) is 2.80. The lowest BCUT2D eigenvalue weighted by molar-refractivity contribution is -0.139. The lowest BCUT2D eigenvalue weighted by atomic mass is 10.1. The summed E-state index contributed by atoms with van der Waals surface area (Å²) in [5.74, 6) is -0.166. The van der Waals surface area contributed by atoms with Crippen molar-refractivity contribution in [2.75, 3.05) is 5.73 Å². The number of hydrogen-bond donors (Lipinski definition) is 1. The molecule has 0 radical (unpaired) electrons. The summed E-state index contributed by atoms with van der Waals surface area (Å²) >= 11 is 0.902. The van der Waals surface area contributed by atoms with Crippen LogP contribution in [0.5, 0.6) is 0 Å². The molecule has 2 N–H and O–H groups in total. The summed E-state index contributed by atoms with van der Waals surface area (Å²) < 4.78 is 38.9. The van der Waals surface area contributed by atoms with Gasteiger partial charge in [0.05, 0.1) is 5.56 Å². The van der Waals surface area contributed by atoms with Crippen LogP contribution in [0.1, 0.15) is 22.8 Å². The molecule has 0 saturated carbocycles. The highest BCUT2D eigenvalue weighted by molar-refractivity contribution is 7.99. The van der Waals surface area contributed by atoms with Crippen LogP contribution in [0.2, 0.25) is 0 Å². The van der Waals surface area contributed by atoms with E-state index in [-0.39, 0.29) is 10.7 Å². The van der Waals surface area contributed by atoms with Crippen molar-refractivity contribution in [3.8, 4) is 0 Å². The van der Waals surface area contributed by atoms with Gasteiger partial charge in [0.25, 0.3) is 0 Å². The van der Waals surface area contributed by atoms with Crippen molar-refractivity contribution in [3.63, 3.8) is 0 Å². The molecule has 0 spiro atoms. The van der Waals surface area contributed by atoms with E-state index in [0.717, 1.165) is 17.8 Å². The number of benzene rings is 2. The monoisotopic (exact) mass is 311 g/mol. The molecule has 0 aromatic heterocycles. The Labute approximate surface area is 124 Å². The van der Waals surface area contributed by atoms with Gasteiger partial charge >= 0.3 is 6.18 Å². The van der Waals surface area contributed by atoms with Crippen LogP contribution in [-0.2, 0) is 6.18 Å². The third-order valence-electron chi connectivity index (χ3n) is 2.83. The molecule has 110 valence electrons. The Balaban J connectivity index is 2.44. The first kappa shape index (κ1) is 15.4. The first-order valence-electron chi connectivity index (χ1n) is 6.03. The van der Waals surface area contributed by atoms with E-state index in [1.807, 2.05) is 0 Å². The first-order valence-corrected chi connectivity index (χ1v) is 6.85. The van der Waals surface area contributed by atoms with Gasteiger partial charge in [0.2, 0.25) is 0 Å². The number of rotatable bonds is 3. The van der Waals surface area contributed by atoms with Gasteiger partial charge in [-0.05, 0) is 37.3 Å². The third kappa shape index (κ3) is 3.58. The van der Waals surface area contributed by atoms with E-state index in [0.29, 0.717) is 16.1 Å². The summed E-state index contributed by atoms with van der Waals surface area (Å²) in [4.78, 5) is 11.8. The molecular formula is C15H12F3NOS. The Morgan fingerprint density at radius 1 is 1.10 bits per heavy atom. The number of anilines is 1. The molecule has 6 heteroatoms. The molecule has 0 fully saturated rings. The van der Waals surface area contributed by atoms with Crippen molar-refractivity contribution in [1.29, 1.82) is 0 Å². The van der Waals surface area contributed by atoms with E-state index in [9.17, 15) is 18.0 Å². The highest BCUT2D eigenvalue weighted by Crippen LogP contribution is 2.41. The van der Waals surface area contributed by atoms with Crippen LogP contribution in [0.25, 0.3) is 0 Å². The predicted octanol–water partition coefficient (Wildman–Crippen LogP) is 4.64. The Bertz CT molecular complexity index is 683. The summed E-state index contributed by atoms with van der Waals surface area (Å²) in [6.07, 6.45) is -4.43. The molecule has 0 heterocycles. The smallest absolute Gasteiger partial charge is 0.398 e. The van der Waals surface area contributed by atoms with Gasteiger partial charge in [-0.3, -0.25) is 4.79 Å². The number of Topliss-reactive ketones (excluding diaryl/α,β-unsaturated/α-hetero) is 1. The number of nitrogen functional groups attached to an aromatic ring is 1. The molecule has 0 atom stereocenters. The van der Waals surface area contributed by atoms with Crippen molar-refractivity contribution in [2.45, 2.75) is 22.9 Å². The van der Waals surface area contributed by atoms with Crippen LogP contribution in [0.15, 0.2) is 52.3 Å². The summed E-state index contributed by atoms with van der Waals surface area (Å²) in [5, 5.41) is 0. The predicted molar refractivity (Wildman–Crippen MR) is 76.4 cm³/mol. The van der Waals surface area contributed by atoms with Gasteiger partial charge < -0.3 is 5.73 Å². The summed E-state index contributed by atoms with van der Waals surface area (Å²) in [6, 6.07) is 9.85. The van der Waals surface area contributed by atoms with E-state index in [4.69, 9.17) is 5.73 Å². The minimum Gasteiger partial charge on any atom is -0.398 e. The van der Waals surface area contributed by atoms with Crippen molar-refractivity contribution in [2.24, 2.45) is 0 Å². The molecule has 0 aliphatic carbocycles. The normalized spacial score (nSPS) is 11.4. The SMILES string of the molecule is CC(=O)c1ccc(N)c(Sc2ccccc2C(F)(F)F)c1. The van der Waals surface area contributed by atoms with E-state index < -0.39 is 11.7 Å². The molecule has 0 bridgehead atoms. The highest BCUT2D eigenvalue weighted by Gasteiger charge is 2.33. The molecule has 0 amide bonds. The molecule has 2 rings (SSSR count). The number of alkyl halides is 3. The average Bonchev–Trinajstić information content (AvgIpc) is 2.40. The van der Waals surface area contributed by atoms with Crippen molar-refractivity contribution < 1.29 is 18.0 Å². The van der Waals surface area contributed by atoms with Crippen molar-refractivity contribution in [1.82, 2.24) is 0 Å². The van der Waals surface area contributed by atoms with Crippen LogP contribution in [0.4, 0.5) is 18.9 Å². The Morgan fingerprint density at radius 3 is 2.38 bits per heavy atom. The quantitative estimate of drug-likeness (QED) is 0.663. The molecule has 2 aromatic carbocycles. The molecule has 0 saturated heterocycles. The minimum absolute atomic E-state index is 0.0532. The molecular weight excluding hydrogens is 299 g/mol. The summed E-state index contributed by atoms with van der Waals surface area (Å²) in [7, 11) is 0. The second kappa shape index (κ2) is 5.81. The molecule has 0 aliphatic heterocycles. The van der Waals surface area contributed by atoms with E-state index in [1.54, 1.807) is 6.07 Å². The molecule has 0 unspecified atom stereocenters. The van der Waals surface area contributed by atoms with E-state index in [1.165, 1.54) is 37.3 Å². The van der Waals surface area contributed by atoms with Crippen molar-refractivity contribution >= 4 is 23.2 Å². The molecule has 2 nitrogen and oxygen atoms in total. The van der Waals surface area contributed by atoms with Gasteiger partial charge in [-0.15, -0.1) is 0 Å². The van der Waals surface area contributed by atoms with Crippen LogP contribution >= 0.6 is 11.8 Å². The first-order chi connectivity index (χ1) is 9.79. The standard InChI is InChI=1S/C15H12F3NOS/c1-9(20)10-6-7-12(19)14(8-10)21-13-5-3-2-4-11(13)15(16,17)18/h2-8H,19H2,1H3. The average molecular weight is 311 g/mol. The maximum atomic E-state index is 13.0.